The Bertz CT molecular complexity index is 494. The molecule has 2 heterocycles. The molecule has 0 amide bonds. The van der Waals surface area contributed by atoms with Crippen LogP contribution < -0.4 is 0 Å². The zero-order valence-corrected chi connectivity index (χ0v) is 7.89. The van der Waals surface area contributed by atoms with Crippen molar-refractivity contribution in [3.63, 3.8) is 0 Å². The van der Waals surface area contributed by atoms with Crippen LogP contribution in [0.2, 0.25) is 0 Å². The monoisotopic (exact) mass is 201 g/mol. The number of nitrogens with zero attached hydrogens (tertiary/aromatic N) is 3. The van der Waals surface area contributed by atoms with Crippen LogP contribution in [0.5, 0.6) is 0 Å². The van der Waals surface area contributed by atoms with Gasteiger partial charge in [0.15, 0.2) is 5.82 Å². The molecule has 0 saturated carbocycles. The first-order valence-electron chi connectivity index (χ1n) is 4.41. The summed E-state index contributed by atoms with van der Waals surface area (Å²) in [4.78, 5) is 7.69. The summed E-state index contributed by atoms with van der Waals surface area (Å²) in [6, 6.07) is 2.88. The zero-order valence-electron chi connectivity index (χ0n) is 7.89. The molecule has 2 aromatic heterocycles. The molecule has 15 heavy (non-hydrogen) atoms. The molecule has 74 valence electrons. The van der Waals surface area contributed by atoms with Crippen molar-refractivity contribution in [1.29, 1.82) is 0 Å². The standard InChI is InChI=1S/C11H8FN3/c12-10-3-1-5-14-11(10)4-2-7-15-8-6-13-9-15/h1,3,5-6,8-9H,7H2. The van der Waals surface area contributed by atoms with E-state index >= 15 is 0 Å². The highest BCUT2D eigenvalue weighted by atomic mass is 19.1. The van der Waals surface area contributed by atoms with E-state index in [1.165, 1.54) is 18.3 Å². The van der Waals surface area contributed by atoms with Crippen LogP contribution >= 0.6 is 0 Å². The summed E-state index contributed by atoms with van der Waals surface area (Å²) in [6.45, 7) is 0.482. The highest BCUT2D eigenvalue weighted by Gasteiger charge is 1.95. The van der Waals surface area contributed by atoms with Crippen molar-refractivity contribution >= 4 is 0 Å². The van der Waals surface area contributed by atoms with Gasteiger partial charge in [-0.3, -0.25) is 0 Å². The van der Waals surface area contributed by atoms with Crippen molar-refractivity contribution < 1.29 is 4.39 Å². The molecule has 0 aliphatic carbocycles. The van der Waals surface area contributed by atoms with E-state index in [0.717, 1.165) is 0 Å². The molecular formula is C11H8FN3. The Labute approximate surface area is 86.6 Å². The van der Waals surface area contributed by atoms with E-state index in [4.69, 9.17) is 0 Å². The van der Waals surface area contributed by atoms with Crippen LogP contribution in [0, 0.1) is 17.7 Å². The molecule has 0 saturated heterocycles. The molecule has 2 rings (SSSR count). The van der Waals surface area contributed by atoms with Crippen LogP contribution in [-0.2, 0) is 6.54 Å². The van der Waals surface area contributed by atoms with Crippen molar-refractivity contribution in [3.8, 4) is 11.8 Å². The lowest BCUT2D eigenvalue weighted by Gasteiger charge is -1.92. The van der Waals surface area contributed by atoms with Gasteiger partial charge in [0.05, 0.1) is 12.9 Å². The largest absolute Gasteiger partial charge is 0.326 e. The van der Waals surface area contributed by atoms with E-state index in [9.17, 15) is 4.39 Å². The topological polar surface area (TPSA) is 30.7 Å². The van der Waals surface area contributed by atoms with Gasteiger partial charge in [0.2, 0.25) is 0 Å². The Hall–Kier alpha value is -2.15. The first-order chi connectivity index (χ1) is 7.36. The van der Waals surface area contributed by atoms with Crippen LogP contribution in [0.15, 0.2) is 37.1 Å². The van der Waals surface area contributed by atoms with E-state index in [1.807, 2.05) is 0 Å². The molecule has 0 spiro atoms. The Morgan fingerprint density at radius 2 is 2.33 bits per heavy atom. The normalized spacial score (nSPS) is 9.40. The summed E-state index contributed by atoms with van der Waals surface area (Å²) in [5.74, 6) is 5.09. The minimum Gasteiger partial charge on any atom is -0.326 e. The fourth-order valence-corrected chi connectivity index (χ4v) is 1.07. The number of aromatic nitrogens is 3. The second-order valence-electron chi connectivity index (χ2n) is 2.87. The third-order valence-corrected chi connectivity index (χ3v) is 1.79. The predicted octanol–water partition coefficient (Wildman–Crippen LogP) is 1.47. The van der Waals surface area contributed by atoms with Gasteiger partial charge in [-0.1, -0.05) is 5.92 Å². The molecule has 2 aromatic rings. The predicted molar refractivity (Wildman–Crippen MR) is 53.3 cm³/mol. The lowest BCUT2D eigenvalue weighted by molar-refractivity contribution is 0.617. The zero-order chi connectivity index (χ0) is 10.5. The van der Waals surface area contributed by atoms with Gasteiger partial charge in [0.25, 0.3) is 0 Å². The molecule has 0 aromatic carbocycles. The third kappa shape index (κ3) is 2.41. The van der Waals surface area contributed by atoms with Crippen LogP contribution in [0.25, 0.3) is 0 Å². The van der Waals surface area contributed by atoms with Crippen molar-refractivity contribution in [2.75, 3.05) is 0 Å². The molecule has 3 nitrogen and oxygen atoms in total. The van der Waals surface area contributed by atoms with Gasteiger partial charge in [-0.2, -0.15) is 0 Å². The first-order valence-corrected chi connectivity index (χ1v) is 4.41. The molecule has 0 fully saturated rings. The Morgan fingerprint density at radius 1 is 1.40 bits per heavy atom. The summed E-state index contributed by atoms with van der Waals surface area (Å²) in [6.07, 6.45) is 6.64. The Balaban J connectivity index is 2.09. The maximum absolute atomic E-state index is 13.1. The van der Waals surface area contributed by atoms with E-state index in [2.05, 4.69) is 21.8 Å². The smallest absolute Gasteiger partial charge is 0.157 e. The maximum Gasteiger partial charge on any atom is 0.157 e. The summed E-state index contributed by atoms with van der Waals surface area (Å²) < 4.78 is 14.9. The van der Waals surface area contributed by atoms with Crippen molar-refractivity contribution in [3.05, 3.63) is 48.6 Å². The van der Waals surface area contributed by atoms with Gasteiger partial charge in [0.1, 0.15) is 5.69 Å². The molecule has 0 aliphatic heterocycles. The molecular weight excluding hydrogens is 193 g/mol. The van der Waals surface area contributed by atoms with Crippen LogP contribution in [0.4, 0.5) is 4.39 Å². The second kappa shape index (κ2) is 4.38. The van der Waals surface area contributed by atoms with E-state index < -0.39 is 5.82 Å². The summed E-state index contributed by atoms with van der Waals surface area (Å²) >= 11 is 0. The Morgan fingerprint density at radius 3 is 3.07 bits per heavy atom. The molecule has 0 unspecified atom stereocenters. The van der Waals surface area contributed by atoms with E-state index in [0.29, 0.717) is 6.54 Å². The second-order valence-corrected chi connectivity index (χ2v) is 2.87. The van der Waals surface area contributed by atoms with Crippen molar-refractivity contribution in [2.24, 2.45) is 0 Å². The average molecular weight is 201 g/mol. The lowest BCUT2D eigenvalue weighted by Crippen LogP contribution is -1.92. The molecule has 0 N–H and O–H groups in total. The minimum absolute atomic E-state index is 0.178. The third-order valence-electron chi connectivity index (χ3n) is 1.79. The SMILES string of the molecule is Fc1cccnc1C#CCn1ccnc1. The van der Waals surface area contributed by atoms with Gasteiger partial charge >= 0.3 is 0 Å². The van der Waals surface area contributed by atoms with E-state index in [1.54, 1.807) is 23.3 Å². The number of pyridine rings is 1. The van der Waals surface area contributed by atoms with Gasteiger partial charge < -0.3 is 4.57 Å². The highest BCUT2D eigenvalue weighted by molar-refractivity contribution is 5.28. The van der Waals surface area contributed by atoms with Crippen molar-refractivity contribution in [2.45, 2.75) is 6.54 Å². The first kappa shape index (κ1) is 9.41. The number of rotatable bonds is 1. The summed E-state index contributed by atoms with van der Waals surface area (Å²) in [7, 11) is 0. The summed E-state index contributed by atoms with van der Waals surface area (Å²) in [5.41, 5.74) is 0.178. The van der Waals surface area contributed by atoms with Gasteiger partial charge in [-0.05, 0) is 18.1 Å². The fraction of sp³-hybridized carbons (Fsp3) is 0.0909. The number of hydrogen-bond acceptors (Lipinski definition) is 2. The lowest BCUT2D eigenvalue weighted by atomic mass is 10.3. The molecule has 0 radical (unpaired) electrons. The Kier molecular flexibility index (Phi) is 2.75. The number of imidazole rings is 1. The molecule has 0 atom stereocenters. The molecule has 0 aliphatic rings. The summed E-state index contributed by atoms with van der Waals surface area (Å²) in [5, 5.41) is 0. The quantitative estimate of drug-likeness (QED) is 0.654. The van der Waals surface area contributed by atoms with Gasteiger partial charge in [-0.25, -0.2) is 14.4 Å². The van der Waals surface area contributed by atoms with Gasteiger partial charge in [0, 0.05) is 18.6 Å². The highest BCUT2D eigenvalue weighted by Crippen LogP contribution is 1.99. The average Bonchev–Trinajstić information content (AvgIpc) is 2.74. The molecule has 0 bridgehead atoms. The van der Waals surface area contributed by atoms with E-state index in [-0.39, 0.29) is 5.69 Å². The van der Waals surface area contributed by atoms with Crippen LogP contribution in [0.1, 0.15) is 5.69 Å². The number of hydrogen-bond donors (Lipinski definition) is 0. The van der Waals surface area contributed by atoms with Crippen LogP contribution in [0.3, 0.4) is 0 Å². The molecule has 4 heteroatoms. The van der Waals surface area contributed by atoms with Crippen LogP contribution in [-0.4, -0.2) is 14.5 Å². The minimum atomic E-state index is -0.393. The fourth-order valence-electron chi connectivity index (χ4n) is 1.07. The van der Waals surface area contributed by atoms with Gasteiger partial charge in [-0.15, -0.1) is 0 Å². The van der Waals surface area contributed by atoms with Crippen molar-refractivity contribution in [1.82, 2.24) is 14.5 Å². The maximum atomic E-state index is 13.1. The number of halogens is 1.